The van der Waals surface area contributed by atoms with Gasteiger partial charge in [0.2, 0.25) is 0 Å². The first-order valence-electron chi connectivity index (χ1n) is 4.11. The van der Waals surface area contributed by atoms with Crippen LogP contribution in [0.25, 0.3) is 0 Å². The molecule has 0 spiro atoms. The quantitative estimate of drug-likeness (QED) is 0.455. The Bertz CT molecular complexity index is 222. The molecule has 14 heavy (non-hydrogen) atoms. The molecule has 0 aromatic carbocycles. The Balaban J connectivity index is 3.36. The third kappa shape index (κ3) is 8.51. The summed E-state index contributed by atoms with van der Waals surface area (Å²) in [5.74, 6) is -2.73. The van der Waals surface area contributed by atoms with Gasteiger partial charge in [-0.25, -0.2) is 4.79 Å². The Morgan fingerprint density at radius 3 is 2.00 bits per heavy atom. The largest absolute Gasteiger partial charge is 0.481 e. The van der Waals surface area contributed by atoms with Gasteiger partial charge in [0.25, 0.3) is 0 Å². The Labute approximate surface area is 80.5 Å². The Morgan fingerprint density at radius 1 is 0.929 bits per heavy atom. The van der Waals surface area contributed by atoms with Gasteiger partial charge in [-0.3, -0.25) is 9.59 Å². The van der Waals surface area contributed by atoms with Crippen molar-refractivity contribution in [3.05, 3.63) is 0 Å². The van der Waals surface area contributed by atoms with Crippen LogP contribution < -0.4 is 0 Å². The predicted molar refractivity (Wildman–Crippen MR) is 44.7 cm³/mol. The van der Waals surface area contributed by atoms with E-state index in [9.17, 15) is 14.4 Å². The van der Waals surface area contributed by atoms with Crippen LogP contribution in [-0.2, 0) is 19.1 Å². The van der Waals surface area contributed by atoms with E-state index in [1.807, 2.05) is 0 Å². The molecule has 0 fully saturated rings. The zero-order valence-corrected chi connectivity index (χ0v) is 7.56. The molecular weight excluding hydrogens is 192 g/mol. The van der Waals surface area contributed by atoms with Crippen LogP contribution in [0.3, 0.4) is 0 Å². The third-order valence-corrected chi connectivity index (χ3v) is 1.38. The van der Waals surface area contributed by atoms with Crippen LogP contribution in [0.1, 0.15) is 25.7 Å². The maximum absolute atomic E-state index is 10.8. The van der Waals surface area contributed by atoms with Crippen LogP contribution in [0.5, 0.6) is 0 Å². The third-order valence-electron chi connectivity index (χ3n) is 1.38. The number of unbranched alkanes of at least 4 members (excludes halogenated alkanes) is 1. The van der Waals surface area contributed by atoms with Gasteiger partial charge >= 0.3 is 17.9 Å². The molecule has 0 amide bonds. The number of hydrogen-bond acceptors (Lipinski definition) is 4. The summed E-state index contributed by atoms with van der Waals surface area (Å²) in [4.78, 5) is 30.8. The number of carbonyl (C=O) groups is 3. The van der Waals surface area contributed by atoms with E-state index < -0.39 is 24.5 Å². The van der Waals surface area contributed by atoms with E-state index in [1.165, 1.54) is 0 Å². The summed E-state index contributed by atoms with van der Waals surface area (Å²) in [7, 11) is 0. The van der Waals surface area contributed by atoms with E-state index in [0.29, 0.717) is 12.8 Å². The van der Waals surface area contributed by atoms with Gasteiger partial charge in [-0.1, -0.05) is 0 Å². The first kappa shape index (κ1) is 12.4. The zero-order chi connectivity index (χ0) is 11.0. The summed E-state index contributed by atoms with van der Waals surface area (Å²) >= 11 is 0. The van der Waals surface area contributed by atoms with E-state index in [0.717, 1.165) is 0 Å². The zero-order valence-electron chi connectivity index (χ0n) is 7.56. The van der Waals surface area contributed by atoms with Crippen molar-refractivity contribution >= 4 is 17.9 Å². The fourth-order valence-corrected chi connectivity index (χ4v) is 0.760. The molecular formula is C8H12O6. The lowest BCUT2D eigenvalue weighted by Crippen LogP contribution is -2.12. The molecule has 0 saturated heterocycles. The Morgan fingerprint density at radius 2 is 1.50 bits per heavy atom. The first-order chi connectivity index (χ1) is 6.52. The predicted octanol–water partition coefficient (Wildman–Crippen LogP) is 0.259. The van der Waals surface area contributed by atoms with Gasteiger partial charge in [0.15, 0.2) is 6.61 Å². The van der Waals surface area contributed by atoms with Gasteiger partial charge in [-0.05, 0) is 12.8 Å². The minimum atomic E-state index is -1.20. The second kappa shape index (κ2) is 6.88. The van der Waals surface area contributed by atoms with Crippen LogP contribution in [0, 0.1) is 0 Å². The Hall–Kier alpha value is -1.59. The van der Waals surface area contributed by atoms with Gasteiger partial charge in [-0.15, -0.1) is 0 Å². The van der Waals surface area contributed by atoms with Gasteiger partial charge < -0.3 is 14.9 Å². The molecule has 0 aliphatic heterocycles. The molecule has 0 atom stereocenters. The van der Waals surface area contributed by atoms with E-state index in [2.05, 4.69) is 4.74 Å². The van der Waals surface area contributed by atoms with Crippen molar-refractivity contribution in [3.63, 3.8) is 0 Å². The average Bonchev–Trinajstić information content (AvgIpc) is 2.08. The first-order valence-corrected chi connectivity index (χ1v) is 4.11. The van der Waals surface area contributed by atoms with Crippen molar-refractivity contribution in [2.75, 3.05) is 6.61 Å². The molecule has 6 nitrogen and oxygen atoms in total. The van der Waals surface area contributed by atoms with Crippen LogP contribution in [0.2, 0.25) is 0 Å². The van der Waals surface area contributed by atoms with Crippen molar-refractivity contribution < 1.29 is 29.3 Å². The molecule has 80 valence electrons. The van der Waals surface area contributed by atoms with E-state index in [1.54, 1.807) is 0 Å². The minimum absolute atomic E-state index is 0.00616. The molecule has 0 bridgehead atoms. The highest BCUT2D eigenvalue weighted by Gasteiger charge is 2.06. The second-order valence-electron chi connectivity index (χ2n) is 2.66. The highest BCUT2D eigenvalue weighted by Crippen LogP contribution is 2.01. The molecule has 0 heterocycles. The molecule has 6 heteroatoms. The van der Waals surface area contributed by atoms with Crippen LogP contribution >= 0.6 is 0 Å². The lowest BCUT2D eigenvalue weighted by molar-refractivity contribution is -0.155. The monoisotopic (exact) mass is 204 g/mol. The highest BCUT2D eigenvalue weighted by atomic mass is 16.5. The molecule has 0 unspecified atom stereocenters. The molecule has 0 radical (unpaired) electrons. The number of carboxylic acid groups (broad SMARTS) is 2. The summed E-state index contributed by atoms with van der Waals surface area (Å²) in [6.45, 7) is -0.641. The van der Waals surface area contributed by atoms with E-state index in [-0.39, 0.29) is 12.8 Å². The standard InChI is InChI=1S/C8H12O6/c9-6(10)3-1-2-4-8(13)14-5-7(11)12/h1-5H2,(H,9,10)(H,11,12). The molecule has 0 saturated carbocycles. The van der Waals surface area contributed by atoms with Crippen LogP contribution in [-0.4, -0.2) is 34.7 Å². The van der Waals surface area contributed by atoms with Crippen molar-refractivity contribution in [2.24, 2.45) is 0 Å². The molecule has 0 aliphatic rings. The number of carbonyl (C=O) groups excluding carboxylic acids is 1. The maximum Gasteiger partial charge on any atom is 0.341 e. The van der Waals surface area contributed by atoms with E-state index in [4.69, 9.17) is 10.2 Å². The summed E-state index contributed by atoms with van der Waals surface area (Å²) in [6.07, 6.45) is 0.842. The van der Waals surface area contributed by atoms with Crippen LogP contribution in [0.15, 0.2) is 0 Å². The van der Waals surface area contributed by atoms with Crippen molar-refractivity contribution in [1.29, 1.82) is 0 Å². The maximum atomic E-state index is 10.8. The number of esters is 1. The average molecular weight is 204 g/mol. The highest BCUT2D eigenvalue weighted by molar-refractivity contribution is 5.75. The molecule has 0 aliphatic carbocycles. The van der Waals surface area contributed by atoms with Gasteiger partial charge in [0, 0.05) is 12.8 Å². The molecule has 0 aromatic heterocycles. The fraction of sp³-hybridized carbons (Fsp3) is 0.625. The Kier molecular flexibility index (Phi) is 6.09. The van der Waals surface area contributed by atoms with Gasteiger partial charge in [-0.2, -0.15) is 0 Å². The number of ether oxygens (including phenoxy) is 1. The molecule has 0 rings (SSSR count). The number of carboxylic acids is 2. The SMILES string of the molecule is O=C(O)CCCCC(=O)OCC(=O)O. The molecule has 2 N–H and O–H groups in total. The fourth-order valence-electron chi connectivity index (χ4n) is 0.760. The van der Waals surface area contributed by atoms with Gasteiger partial charge in [0.1, 0.15) is 0 Å². The lowest BCUT2D eigenvalue weighted by atomic mass is 10.2. The number of aliphatic carboxylic acids is 2. The summed E-state index contributed by atoms with van der Waals surface area (Å²) < 4.78 is 4.32. The lowest BCUT2D eigenvalue weighted by Gasteiger charge is -2.00. The minimum Gasteiger partial charge on any atom is -0.481 e. The van der Waals surface area contributed by atoms with Crippen LogP contribution in [0.4, 0.5) is 0 Å². The normalized spacial score (nSPS) is 9.43. The van der Waals surface area contributed by atoms with Crippen molar-refractivity contribution in [1.82, 2.24) is 0 Å². The topological polar surface area (TPSA) is 101 Å². The summed E-state index contributed by atoms with van der Waals surface area (Å²) in [5.41, 5.74) is 0. The smallest absolute Gasteiger partial charge is 0.341 e. The van der Waals surface area contributed by atoms with E-state index >= 15 is 0 Å². The summed E-state index contributed by atoms with van der Waals surface area (Å²) in [5, 5.41) is 16.4. The molecule has 0 aromatic rings. The summed E-state index contributed by atoms with van der Waals surface area (Å²) in [6, 6.07) is 0. The number of rotatable bonds is 7. The van der Waals surface area contributed by atoms with Gasteiger partial charge in [0.05, 0.1) is 0 Å². The number of hydrogen-bond donors (Lipinski definition) is 2. The second-order valence-corrected chi connectivity index (χ2v) is 2.66. The van der Waals surface area contributed by atoms with Crippen molar-refractivity contribution in [3.8, 4) is 0 Å². The van der Waals surface area contributed by atoms with Crippen molar-refractivity contribution in [2.45, 2.75) is 25.7 Å².